The molecule has 0 unspecified atom stereocenters. The van der Waals surface area contributed by atoms with Gasteiger partial charge in [-0.3, -0.25) is 4.79 Å². The summed E-state index contributed by atoms with van der Waals surface area (Å²) >= 11 is 1.74. The first-order chi connectivity index (χ1) is 12.1. The molecule has 3 aromatic heterocycles. The molecule has 1 aliphatic rings. The van der Waals surface area contributed by atoms with Crippen LogP contribution < -0.4 is 5.32 Å². The summed E-state index contributed by atoms with van der Waals surface area (Å²) in [5.74, 6) is 1.22. The normalized spacial score (nSPS) is 17.2. The quantitative estimate of drug-likeness (QED) is 0.694. The molecule has 1 aliphatic carbocycles. The van der Waals surface area contributed by atoms with E-state index in [0.29, 0.717) is 18.9 Å². The third-order valence-electron chi connectivity index (χ3n) is 4.71. The van der Waals surface area contributed by atoms with Crippen LogP contribution in [0.1, 0.15) is 46.6 Å². The van der Waals surface area contributed by atoms with Crippen molar-refractivity contribution in [3.8, 4) is 0 Å². The fourth-order valence-electron chi connectivity index (χ4n) is 3.40. The van der Waals surface area contributed by atoms with Crippen molar-refractivity contribution in [1.82, 2.24) is 24.9 Å². The van der Waals surface area contributed by atoms with Crippen molar-refractivity contribution in [2.24, 2.45) is 5.92 Å². The average molecular weight is 359 g/mol. The second kappa shape index (κ2) is 6.34. The number of hydrogen-bond acceptors (Lipinski definition) is 6. The number of amides is 1. The predicted octanol–water partition coefficient (Wildman–Crippen LogP) is 1.88. The van der Waals surface area contributed by atoms with Crippen molar-refractivity contribution in [3.63, 3.8) is 0 Å². The van der Waals surface area contributed by atoms with Gasteiger partial charge < -0.3 is 10.4 Å². The number of aryl methyl sites for hydroxylation is 2. The Balaban J connectivity index is 1.83. The van der Waals surface area contributed by atoms with E-state index in [1.807, 2.05) is 6.92 Å². The molecular formula is C17H21N5O2S. The molecule has 8 heteroatoms. The van der Waals surface area contributed by atoms with Gasteiger partial charge in [0, 0.05) is 18.0 Å². The molecule has 0 saturated carbocycles. The lowest BCUT2D eigenvalue weighted by Gasteiger charge is -2.17. The van der Waals surface area contributed by atoms with Crippen molar-refractivity contribution in [2.75, 3.05) is 13.2 Å². The number of rotatable bonds is 4. The second-order valence-corrected chi connectivity index (χ2v) is 7.78. The van der Waals surface area contributed by atoms with Crippen LogP contribution in [-0.4, -0.2) is 43.7 Å². The fourth-order valence-corrected chi connectivity index (χ4v) is 4.66. The fraction of sp³-hybridized carbons (Fsp3) is 0.529. The summed E-state index contributed by atoms with van der Waals surface area (Å²) in [4.78, 5) is 23.9. The molecule has 0 radical (unpaired) electrons. The smallest absolute Gasteiger partial charge is 0.290 e. The van der Waals surface area contributed by atoms with E-state index in [0.717, 1.165) is 34.5 Å². The van der Waals surface area contributed by atoms with Crippen molar-refractivity contribution in [3.05, 3.63) is 22.1 Å². The molecule has 132 valence electrons. The van der Waals surface area contributed by atoms with Gasteiger partial charge >= 0.3 is 0 Å². The van der Waals surface area contributed by atoms with Crippen LogP contribution in [0.4, 0.5) is 0 Å². The molecule has 0 aromatic carbocycles. The summed E-state index contributed by atoms with van der Waals surface area (Å²) in [5, 5.41) is 17.0. The Hall–Kier alpha value is -2.06. The lowest BCUT2D eigenvalue weighted by molar-refractivity contribution is 0.0941. The molecule has 4 rings (SSSR count). The highest BCUT2D eigenvalue weighted by molar-refractivity contribution is 7.19. The Morgan fingerprint density at radius 3 is 3.08 bits per heavy atom. The lowest BCUT2D eigenvalue weighted by Crippen LogP contribution is -2.26. The van der Waals surface area contributed by atoms with Gasteiger partial charge in [0.05, 0.1) is 5.39 Å². The summed E-state index contributed by atoms with van der Waals surface area (Å²) in [6.07, 6.45) is 3.84. The maximum absolute atomic E-state index is 12.3. The number of nitrogens with one attached hydrogen (secondary N) is 1. The molecule has 0 bridgehead atoms. The first kappa shape index (κ1) is 16.4. The standard InChI is InChI=1S/C17H21N5O2S/c1-9-4-5-12-11(8-9)13-15-20-14(16(24)18-6-3-7-23)21-22(15)10(2)19-17(13)25-12/h9,23H,3-8H2,1-2H3,(H,18,24)/t9-/m1/s1. The van der Waals surface area contributed by atoms with Gasteiger partial charge in [0.2, 0.25) is 5.82 Å². The van der Waals surface area contributed by atoms with E-state index in [9.17, 15) is 4.79 Å². The summed E-state index contributed by atoms with van der Waals surface area (Å²) in [7, 11) is 0. The minimum atomic E-state index is -0.317. The van der Waals surface area contributed by atoms with Crippen LogP contribution in [0.15, 0.2) is 0 Å². The lowest BCUT2D eigenvalue weighted by atomic mass is 9.89. The maximum atomic E-state index is 12.3. The molecule has 25 heavy (non-hydrogen) atoms. The molecular weight excluding hydrogens is 338 g/mol. The van der Waals surface area contributed by atoms with Gasteiger partial charge in [0.25, 0.3) is 5.91 Å². The van der Waals surface area contributed by atoms with E-state index in [4.69, 9.17) is 10.1 Å². The van der Waals surface area contributed by atoms with Gasteiger partial charge in [-0.25, -0.2) is 9.97 Å². The molecule has 3 aromatic rings. The van der Waals surface area contributed by atoms with Crippen LogP contribution in [0.25, 0.3) is 15.9 Å². The van der Waals surface area contributed by atoms with E-state index in [1.165, 1.54) is 16.9 Å². The average Bonchev–Trinajstić information content (AvgIpc) is 3.16. The molecule has 3 heterocycles. The van der Waals surface area contributed by atoms with Gasteiger partial charge in [-0.15, -0.1) is 16.4 Å². The van der Waals surface area contributed by atoms with Gasteiger partial charge in [0.15, 0.2) is 5.65 Å². The molecule has 0 saturated heterocycles. The summed E-state index contributed by atoms with van der Waals surface area (Å²) in [6.45, 7) is 4.61. The third-order valence-corrected chi connectivity index (χ3v) is 5.90. The summed E-state index contributed by atoms with van der Waals surface area (Å²) in [6, 6.07) is 0. The van der Waals surface area contributed by atoms with Crippen LogP contribution in [0.3, 0.4) is 0 Å². The van der Waals surface area contributed by atoms with Gasteiger partial charge in [-0.2, -0.15) is 4.52 Å². The number of aromatic nitrogens is 4. The van der Waals surface area contributed by atoms with Gasteiger partial charge in [0.1, 0.15) is 10.7 Å². The number of nitrogens with zero attached hydrogens (tertiary/aromatic N) is 4. The number of carbonyl (C=O) groups is 1. The molecule has 0 fully saturated rings. The highest BCUT2D eigenvalue weighted by atomic mass is 32.1. The number of thiophene rings is 1. The van der Waals surface area contributed by atoms with Crippen molar-refractivity contribution >= 4 is 33.1 Å². The zero-order valence-corrected chi connectivity index (χ0v) is 15.2. The van der Waals surface area contributed by atoms with E-state index in [2.05, 4.69) is 22.3 Å². The monoisotopic (exact) mass is 359 g/mol. The molecule has 1 amide bonds. The van der Waals surface area contributed by atoms with E-state index in [1.54, 1.807) is 15.9 Å². The minimum absolute atomic E-state index is 0.0434. The van der Waals surface area contributed by atoms with Crippen LogP contribution >= 0.6 is 11.3 Å². The van der Waals surface area contributed by atoms with E-state index in [-0.39, 0.29) is 18.3 Å². The van der Waals surface area contributed by atoms with Crippen LogP contribution in [-0.2, 0) is 12.8 Å². The second-order valence-electron chi connectivity index (χ2n) is 6.69. The van der Waals surface area contributed by atoms with Crippen LogP contribution in [0, 0.1) is 12.8 Å². The Bertz CT molecular complexity index is 961. The van der Waals surface area contributed by atoms with E-state index >= 15 is 0 Å². The molecule has 0 aliphatic heterocycles. The van der Waals surface area contributed by atoms with Crippen molar-refractivity contribution in [2.45, 2.75) is 39.5 Å². The van der Waals surface area contributed by atoms with Crippen molar-refractivity contribution in [1.29, 1.82) is 0 Å². The zero-order chi connectivity index (χ0) is 17.6. The number of aliphatic hydroxyl groups excluding tert-OH is 1. The molecule has 1 atom stereocenters. The number of aliphatic hydroxyl groups is 1. The topological polar surface area (TPSA) is 92.4 Å². The minimum Gasteiger partial charge on any atom is -0.396 e. The highest BCUT2D eigenvalue weighted by Crippen LogP contribution is 2.38. The largest absolute Gasteiger partial charge is 0.396 e. The number of hydrogen-bond donors (Lipinski definition) is 2. The maximum Gasteiger partial charge on any atom is 0.290 e. The zero-order valence-electron chi connectivity index (χ0n) is 14.4. The highest BCUT2D eigenvalue weighted by Gasteiger charge is 2.25. The Morgan fingerprint density at radius 2 is 2.28 bits per heavy atom. The first-order valence-corrected chi connectivity index (χ1v) is 9.46. The van der Waals surface area contributed by atoms with Gasteiger partial charge in [-0.1, -0.05) is 6.92 Å². The predicted molar refractivity (Wildman–Crippen MR) is 96.1 cm³/mol. The number of fused-ring (bicyclic) bond motifs is 5. The summed E-state index contributed by atoms with van der Waals surface area (Å²) < 4.78 is 1.68. The SMILES string of the molecule is Cc1nc2sc3c(c2c2nc(C(=O)NCCCO)nn12)C[C@H](C)CC3. The summed E-state index contributed by atoms with van der Waals surface area (Å²) in [5.41, 5.74) is 2.05. The van der Waals surface area contributed by atoms with Gasteiger partial charge in [-0.05, 0) is 44.1 Å². The van der Waals surface area contributed by atoms with E-state index < -0.39 is 0 Å². The Morgan fingerprint density at radius 1 is 1.44 bits per heavy atom. The molecule has 7 nitrogen and oxygen atoms in total. The molecule has 2 N–H and O–H groups in total. The first-order valence-electron chi connectivity index (χ1n) is 8.65. The molecule has 0 spiro atoms. The Labute approximate surface area is 149 Å². The Kier molecular flexibility index (Phi) is 4.16. The number of carbonyl (C=O) groups excluding carboxylic acids is 1. The third kappa shape index (κ3) is 2.79. The van der Waals surface area contributed by atoms with Crippen LogP contribution in [0.2, 0.25) is 0 Å². The van der Waals surface area contributed by atoms with Crippen molar-refractivity contribution < 1.29 is 9.90 Å². The van der Waals surface area contributed by atoms with Crippen LogP contribution in [0.5, 0.6) is 0 Å².